The number of benzene rings is 3. The van der Waals surface area contributed by atoms with Crippen LogP contribution in [0.4, 0.5) is 29.3 Å². The monoisotopic (exact) mass is 652 g/mol. The second-order valence-electron chi connectivity index (χ2n) is 10.9. The van der Waals surface area contributed by atoms with Crippen LogP contribution >= 0.6 is 23.2 Å². The van der Waals surface area contributed by atoms with Crippen molar-refractivity contribution in [2.45, 2.75) is 38.7 Å². The van der Waals surface area contributed by atoms with Gasteiger partial charge in [0.15, 0.2) is 5.75 Å². The largest absolute Gasteiger partial charge is 0.486 e. The van der Waals surface area contributed by atoms with E-state index in [0.29, 0.717) is 29.7 Å². The molecule has 1 heterocycles. The van der Waals surface area contributed by atoms with Crippen molar-refractivity contribution >= 4 is 46.5 Å². The molecule has 236 valence electrons. The normalized spacial score (nSPS) is 17.8. The maximum Gasteiger partial charge on any atom is 0.416 e. The number of carbonyl (C=O) groups excluding carboxylic acids is 2. The number of carbonyl (C=O) groups is 2. The summed E-state index contributed by atoms with van der Waals surface area (Å²) in [5.74, 6) is -0.413. The fourth-order valence-electron chi connectivity index (χ4n) is 4.91. The first kappa shape index (κ1) is 33.4. The zero-order valence-electron chi connectivity index (χ0n) is 24.3. The van der Waals surface area contributed by atoms with Crippen molar-refractivity contribution in [1.82, 2.24) is 9.80 Å². The van der Waals surface area contributed by atoms with Crippen LogP contribution in [0.5, 0.6) is 5.75 Å². The second kappa shape index (κ2) is 14.1. The molecule has 8 nitrogen and oxygen atoms in total. The summed E-state index contributed by atoms with van der Waals surface area (Å²) in [6.07, 6.45) is -4.96. The number of para-hydroxylation sites is 1. The van der Waals surface area contributed by atoms with Gasteiger partial charge in [0.05, 0.1) is 39.5 Å². The number of halogens is 5. The van der Waals surface area contributed by atoms with Gasteiger partial charge in [-0.05, 0) is 68.1 Å². The Hall–Kier alpha value is -3.51. The summed E-state index contributed by atoms with van der Waals surface area (Å²) in [6.45, 7) is 4.73. The van der Waals surface area contributed by atoms with Gasteiger partial charge in [-0.2, -0.15) is 13.2 Å². The third kappa shape index (κ3) is 8.15. The standard InChI is InChI=1S/C31H33Cl2F3N4O4/c1-18-14-40(19(2)17-41)29(42)23-5-4-6-26(38-30(43)37-22-10-8-21(9-11-22)31(34,35)36)28(23)44-27(18)16-39(3)15-20-7-12-24(32)25(33)13-20/h4-13,18-19,27,41H,14-17H2,1-3H3,(H2,37,38,43)/t18-,19+,27+/m0/s1. The number of urea groups is 1. The molecular formula is C31H33Cl2F3N4O4. The predicted molar refractivity (Wildman–Crippen MR) is 164 cm³/mol. The number of anilines is 2. The molecule has 3 aromatic rings. The Labute approximate surface area is 263 Å². The number of amides is 3. The van der Waals surface area contributed by atoms with E-state index in [1.807, 2.05) is 24.9 Å². The molecule has 0 spiro atoms. The minimum Gasteiger partial charge on any atom is -0.486 e. The summed E-state index contributed by atoms with van der Waals surface area (Å²) in [7, 11) is 1.92. The van der Waals surface area contributed by atoms with E-state index < -0.39 is 29.9 Å². The molecule has 0 saturated heterocycles. The Kier molecular flexibility index (Phi) is 10.7. The van der Waals surface area contributed by atoms with Crippen LogP contribution in [0.1, 0.15) is 35.3 Å². The van der Waals surface area contributed by atoms with Crippen molar-refractivity contribution in [3.8, 4) is 5.75 Å². The number of rotatable bonds is 8. The molecule has 0 bridgehead atoms. The van der Waals surface area contributed by atoms with Gasteiger partial charge in [0.25, 0.3) is 5.91 Å². The summed E-state index contributed by atoms with van der Waals surface area (Å²) in [5, 5.41) is 16.0. The topological polar surface area (TPSA) is 94.1 Å². The molecular weight excluding hydrogens is 620 g/mol. The van der Waals surface area contributed by atoms with Gasteiger partial charge in [0, 0.05) is 31.2 Å². The van der Waals surface area contributed by atoms with Crippen molar-refractivity contribution in [1.29, 1.82) is 0 Å². The molecule has 0 aliphatic carbocycles. The van der Waals surface area contributed by atoms with Crippen LogP contribution in [0.3, 0.4) is 0 Å². The van der Waals surface area contributed by atoms with Gasteiger partial charge in [-0.1, -0.05) is 42.3 Å². The van der Waals surface area contributed by atoms with Gasteiger partial charge >= 0.3 is 12.2 Å². The van der Waals surface area contributed by atoms with Crippen LogP contribution < -0.4 is 15.4 Å². The molecule has 3 N–H and O–H groups in total. The molecule has 0 fully saturated rings. The highest BCUT2D eigenvalue weighted by Crippen LogP contribution is 2.35. The summed E-state index contributed by atoms with van der Waals surface area (Å²) < 4.78 is 45.3. The molecule has 0 unspecified atom stereocenters. The Bertz CT molecular complexity index is 1490. The first-order valence-electron chi connectivity index (χ1n) is 13.9. The highest BCUT2D eigenvalue weighted by Gasteiger charge is 2.35. The van der Waals surface area contributed by atoms with Crippen LogP contribution in [0.25, 0.3) is 0 Å². The number of aliphatic hydroxyl groups excluding tert-OH is 1. The molecule has 44 heavy (non-hydrogen) atoms. The molecule has 3 amide bonds. The number of fused-ring (bicyclic) bond motifs is 1. The van der Waals surface area contributed by atoms with Crippen molar-refractivity contribution in [3.63, 3.8) is 0 Å². The Balaban J connectivity index is 1.60. The quantitative estimate of drug-likeness (QED) is 0.243. The van der Waals surface area contributed by atoms with Crippen LogP contribution in [-0.4, -0.2) is 65.7 Å². The predicted octanol–water partition coefficient (Wildman–Crippen LogP) is 7.01. The van der Waals surface area contributed by atoms with Gasteiger partial charge in [-0.25, -0.2) is 4.79 Å². The van der Waals surface area contributed by atoms with Crippen molar-refractivity contribution in [2.75, 3.05) is 37.4 Å². The van der Waals surface area contributed by atoms with Crippen LogP contribution in [0.15, 0.2) is 60.7 Å². The van der Waals surface area contributed by atoms with Crippen molar-refractivity contribution in [2.24, 2.45) is 5.92 Å². The zero-order valence-corrected chi connectivity index (χ0v) is 25.8. The van der Waals surface area contributed by atoms with Crippen LogP contribution in [0.2, 0.25) is 10.0 Å². The highest BCUT2D eigenvalue weighted by molar-refractivity contribution is 6.42. The Morgan fingerprint density at radius 3 is 2.45 bits per heavy atom. The smallest absolute Gasteiger partial charge is 0.416 e. The number of alkyl halides is 3. The maximum absolute atomic E-state index is 13.7. The number of hydrogen-bond acceptors (Lipinski definition) is 5. The average molecular weight is 654 g/mol. The first-order valence-corrected chi connectivity index (χ1v) is 14.6. The summed E-state index contributed by atoms with van der Waals surface area (Å²) in [5.41, 5.74) is 0.633. The van der Waals surface area contributed by atoms with Crippen molar-refractivity contribution < 1.29 is 32.6 Å². The average Bonchev–Trinajstić information content (AvgIpc) is 2.96. The van der Waals surface area contributed by atoms with Crippen LogP contribution in [0, 0.1) is 5.92 Å². The third-order valence-corrected chi connectivity index (χ3v) is 8.08. The minimum absolute atomic E-state index is 0.143. The van der Waals surface area contributed by atoms with Gasteiger partial charge in [0.1, 0.15) is 6.10 Å². The van der Waals surface area contributed by atoms with E-state index in [4.69, 9.17) is 27.9 Å². The summed E-state index contributed by atoms with van der Waals surface area (Å²) in [4.78, 5) is 30.2. The molecule has 1 aliphatic heterocycles. The molecule has 0 aromatic heterocycles. The van der Waals surface area contributed by atoms with E-state index in [-0.39, 0.29) is 41.1 Å². The van der Waals surface area contributed by atoms with Gasteiger partial charge in [0.2, 0.25) is 0 Å². The maximum atomic E-state index is 13.7. The number of nitrogens with one attached hydrogen (secondary N) is 2. The number of ether oxygens (including phenoxy) is 1. The molecule has 3 atom stereocenters. The molecule has 4 rings (SSSR count). The van der Waals surface area contributed by atoms with Gasteiger partial charge in [-0.15, -0.1) is 0 Å². The lowest BCUT2D eigenvalue weighted by molar-refractivity contribution is -0.137. The van der Waals surface area contributed by atoms with Crippen molar-refractivity contribution in [3.05, 3.63) is 87.4 Å². The van der Waals surface area contributed by atoms with E-state index in [0.717, 1.165) is 29.8 Å². The second-order valence-corrected chi connectivity index (χ2v) is 11.7. The lowest BCUT2D eigenvalue weighted by Gasteiger charge is -2.38. The molecule has 0 saturated carbocycles. The fraction of sp³-hybridized carbons (Fsp3) is 0.355. The van der Waals surface area contributed by atoms with E-state index in [9.17, 15) is 27.9 Å². The SMILES string of the molecule is C[C@H](CO)N1C[C@H](C)[C@@H](CN(C)Cc2ccc(Cl)c(Cl)c2)Oc2c(NC(=O)Nc3ccc(C(F)(F)F)cc3)cccc2C1=O. The van der Waals surface area contributed by atoms with E-state index in [1.54, 1.807) is 42.2 Å². The first-order chi connectivity index (χ1) is 20.8. The summed E-state index contributed by atoms with van der Waals surface area (Å²) in [6, 6.07) is 12.9. The van der Waals surface area contributed by atoms with E-state index in [1.165, 1.54) is 0 Å². The molecule has 13 heteroatoms. The Morgan fingerprint density at radius 2 is 1.82 bits per heavy atom. The number of aliphatic hydroxyl groups is 1. The lowest BCUT2D eigenvalue weighted by atomic mass is 9.99. The van der Waals surface area contributed by atoms with Gasteiger partial charge < -0.3 is 25.4 Å². The molecule has 1 aliphatic rings. The summed E-state index contributed by atoms with van der Waals surface area (Å²) >= 11 is 12.3. The Morgan fingerprint density at radius 1 is 1.11 bits per heavy atom. The number of nitrogens with zero attached hydrogens (tertiary/aromatic N) is 2. The van der Waals surface area contributed by atoms with Crippen LogP contribution in [-0.2, 0) is 12.7 Å². The fourth-order valence-corrected chi connectivity index (χ4v) is 5.23. The number of likely N-dealkylation sites (N-methyl/N-ethyl adjacent to an activating group) is 1. The lowest BCUT2D eigenvalue weighted by Crippen LogP contribution is -2.49. The molecule has 3 aromatic carbocycles. The highest BCUT2D eigenvalue weighted by atomic mass is 35.5. The van der Waals surface area contributed by atoms with E-state index in [2.05, 4.69) is 10.6 Å². The van der Waals surface area contributed by atoms with Gasteiger partial charge in [-0.3, -0.25) is 9.69 Å². The third-order valence-electron chi connectivity index (χ3n) is 7.34. The van der Waals surface area contributed by atoms with E-state index >= 15 is 0 Å². The number of hydrogen-bond donors (Lipinski definition) is 3. The minimum atomic E-state index is -4.50. The zero-order chi connectivity index (χ0) is 32.2. The molecule has 0 radical (unpaired) electrons.